The molecule has 0 saturated heterocycles. The SMILES string of the molecule is CCC1CC1(C)C(C)C. The second kappa shape index (κ2) is 2.00. The van der Waals surface area contributed by atoms with Gasteiger partial charge in [0.15, 0.2) is 0 Å². The highest BCUT2D eigenvalue weighted by Gasteiger charge is 2.50. The molecular formula is C9H18. The molecule has 0 nitrogen and oxygen atoms in total. The van der Waals surface area contributed by atoms with E-state index in [9.17, 15) is 0 Å². The minimum atomic E-state index is 0.717. The minimum absolute atomic E-state index is 0.717. The van der Waals surface area contributed by atoms with Gasteiger partial charge in [-0.2, -0.15) is 0 Å². The first-order chi connectivity index (χ1) is 4.11. The molecule has 0 amide bonds. The molecule has 1 rings (SSSR count). The predicted octanol–water partition coefficient (Wildman–Crippen LogP) is 3.08. The van der Waals surface area contributed by atoms with Crippen molar-refractivity contribution in [1.29, 1.82) is 0 Å². The molecule has 0 radical (unpaired) electrons. The van der Waals surface area contributed by atoms with Crippen LogP contribution in [-0.4, -0.2) is 0 Å². The van der Waals surface area contributed by atoms with Gasteiger partial charge in [-0.15, -0.1) is 0 Å². The van der Waals surface area contributed by atoms with Crippen LogP contribution in [0.25, 0.3) is 0 Å². The van der Waals surface area contributed by atoms with Crippen LogP contribution in [0, 0.1) is 17.3 Å². The number of rotatable bonds is 2. The second-order valence-corrected chi connectivity index (χ2v) is 3.97. The molecule has 1 fully saturated rings. The van der Waals surface area contributed by atoms with Gasteiger partial charge < -0.3 is 0 Å². The Morgan fingerprint density at radius 1 is 1.56 bits per heavy atom. The molecule has 0 aromatic heterocycles. The lowest BCUT2D eigenvalue weighted by Gasteiger charge is -2.14. The van der Waals surface area contributed by atoms with Crippen molar-refractivity contribution in [3.05, 3.63) is 0 Å². The summed E-state index contributed by atoms with van der Waals surface area (Å²) in [6.45, 7) is 9.41. The van der Waals surface area contributed by atoms with E-state index >= 15 is 0 Å². The van der Waals surface area contributed by atoms with Crippen LogP contribution < -0.4 is 0 Å². The second-order valence-electron chi connectivity index (χ2n) is 3.97. The average Bonchev–Trinajstić information content (AvgIpc) is 2.44. The Bertz CT molecular complexity index is 105. The Kier molecular flexibility index (Phi) is 1.58. The number of hydrogen-bond acceptors (Lipinski definition) is 0. The maximum atomic E-state index is 2.42. The summed E-state index contributed by atoms with van der Waals surface area (Å²) in [4.78, 5) is 0. The van der Waals surface area contributed by atoms with Gasteiger partial charge in [0.2, 0.25) is 0 Å². The van der Waals surface area contributed by atoms with Gasteiger partial charge in [-0.3, -0.25) is 0 Å². The van der Waals surface area contributed by atoms with Crippen LogP contribution in [0.2, 0.25) is 0 Å². The average molecular weight is 126 g/mol. The van der Waals surface area contributed by atoms with E-state index in [1.165, 1.54) is 12.8 Å². The molecule has 9 heavy (non-hydrogen) atoms. The van der Waals surface area contributed by atoms with Crippen molar-refractivity contribution in [2.75, 3.05) is 0 Å². The highest BCUT2D eigenvalue weighted by atomic mass is 14.5. The minimum Gasteiger partial charge on any atom is -0.0651 e. The fourth-order valence-electron chi connectivity index (χ4n) is 1.79. The van der Waals surface area contributed by atoms with Crippen LogP contribution in [0.3, 0.4) is 0 Å². The van der Waals surface area contributed by atoms with Crippen molar-refractivity contribution in [3.63, 3.8) is 0 Å². The first kappa shape index (κ1) is 7.11. The summed E-state index contributed by atoms with van der Waals surface area (Å²) >= 11 is 0. The van der Waals surface area contributed by atoms with Crippen molar-refractivity contribution in [3.8, 4) is 0 Å². The first-order valence-corrected chi connectivity index (χ1v) is 4.11. The summed E-state index contributed by atoms with van der Waals surface area (Å²) in [7, 11) is 0. The van der Waals surface area contributed by atoms with E-state index in [0.29, 0.717) is 0 Å². The van der Waals surface area contributed by atoms with Crippen LogP contribution in [-0.2, 0) is 0 Å². The lowest BCUT2D eigenvalue weighted by Crippen LogP contribution is -2.06. The molecule has 1 saturated carbocycles. The van der Waals surface area contributed by atoms with Crippen molar-refractivity contribution < 1.29 is 0 Å². The van der Waals surface area contributed by atoms with Gasteiger partial charge >= 0.3 is 0 Å². The van der Waals surface area contributed by atoms with Crippen LogP contribution in [0.15, 0.2) is 0 Å². The molecule has 0 bridgehead atoms. The van der Waals surface area contributed by atoms with E-state index < -0.39 is 0 Å². The molecular weight excluding hydrogens is 108 g/mol. The van der Waals surface area contributed by atoms with Gasteiger partial charge in [0.05, 0.1) is 0 Å². The molecule has 0 N–H and O–H groups in total. The molecule has 0 aromatic carbocycles. The first-order valence-electron chi connectivity index (χ1n) is 4.11. The van der Waals surface area contributed by atoms with Crippen LogP contribution in [0.5, 0.6) is 0 Å². The highest BCUT2D eigenvalue weighted by Crippen LogP contribution is 2.58. The van der Waals surface area contributed by atoms with Crippen molar-refractivity contribution in [2.24, 2.45) is 17.3 Å². The quantitative estimate of drug-likeness (QED) is 0.533. The van der Waals surface area contributed by atoms with Gasteiger partial charge in [-0.25, -0.2) is 0 Å². The summed E-state index contributed by atoms with van der Waals surface area (Å²) in [5, 5.41) is 0. The van der Waals surface area contributed by atoms with Gasteiger partial charge in [0.25, 0.3) is 0 Å². The highest BCUT2D eigenvalue weighted by molar-refractivity contribution is 4.99. The Labute approximate surface area is 58.7 Å². The molecule has 0 spiro atoms. The van der Waals surface area contributed by atoms with E-state index in [1.54, 1.807) is 0 Å². The predicted molar refractivity (Wildman–Crippen MR) is 41.3 cm³/mol. The normalized spacial score (nSPS) is 41.7. The zero-order chi connectivity index (χ0) is 7.07. The van der Waals surface area contributed by atoms with E-state index in [1.807, 2.05) is 0 Å². The largest absolute Gasteiger partial charge is 0.0651 e. The van der Waals surface area contributed by atoms with Gasteiger partial charge in [0.1, 0.15) is 0 Å². The summed E-state index contributed by atoms with van der Waals surface area (Å²) in [6.07, 6.45) is 2.86. The van der Waals surface area contributed by atoms with Crippen LogP contribution in [0.4, 0.5) is 0 Å². The van der Waals surface area contributed by atoms with E-state index in [-0.39, 0.29) is 0 Å². The van der Waals surface area contributed by atoms with Gasteiger partial charge in [0, 0.05) is 0 Å². The Hall–Kier alpha value is 0. The number of hydrogen-bond donors (Lipinski definition) is 0. The zero-order valence-corrected chi connectivity index (χ0v) is 7.07. The molecule has 0 aliphatic heterocycles. The molecule has 1 aliphatic rings. The Balaban J connectivity index is 2.42. The molecule has 0 heteroatoms. The molecule has 0 aromatic rings. The fraction of sp³-hybridized carbons (Fsp3) is 1.00. The van der Waals surface area contributed by atoms with E-state index in [4.69, 9.17) is 0 Å². The van der Waals surface area contributed by atoms with E-state index in [0.717, 1.165) is 17.3 Å². The topological polar surface area (TPSA) is 0 Å². The lowest BCUT2D eigenvalue weighted by molar-refractivity contribution is 0.354. The van der Waals surface area contributed by atoms with E-state index in [2.05, 4.69) is 27.7 Å². The third-order valence-corrected chi connectivity index (χ3v) is 3.27. The van der Waals surface area contributed by atoms with Crippen LogP contribution in [0.1, 0.15) is 40.5 Å². The zero-order valence-electron chi connectivity index (χ0n) is 7.07. The fourth-order valence-corrected chi connectivity index (χ4v) is 1.79. The van der Waals surface area contributed by atoms with Crippen molar-refractivity contribution in [2.45, 2.75) is 40.5 Å². The van der Waals surface area contributed by atoms with Gasteiger partial charge in [-0.1, -0.05) is 34.1 Å². The smallest absolute Gasteiger partial charge is 0.0272 e. The molecule has 2 unspecified atom stereocenters. The molecule has 0 heterocycles. The van der Waals surface area contributed by atoms with Gasteiger partial charge in [-0.05, 0) is 23.7 Å². The van der Waals surface area contributed by atoms with Crippen molar-refractivity contribution >= 4 is 0 Å². The molecule has 54 valence electrons. The molecule has 2 atom stereocenters. The standard InChI is InChI=1S/C9H18/c1-5-8-6-9(8,4)7(2)3/h7-8H,5-6H2,1-4H3. The maximum Gasteiger partial charge on any atom is -0.0272 e. The maximum absolute atomic E-state index is 2.42. The van der Waals surface area contributed by atoms with Crippen LogP contribution >= 0.6 is 0 Å². The summed E-state index contributed by atoms with van der Waals surface area (Å²) in [5.41, 5.74) is 0.717. The lowest BCUT2D eigenvalue weighted by atomic mass is 9.91. The molecule has 1 aliphatic carbocycles. The third-order valence-electron chi connectivity index (χ3n) is 3.27. The third kappa shape index (κ3) is 0.997. The summed E-state index contributed by atoms with van der Waals surface area (Å²) in [5.74, 6) is 1.93. The Morgan fingerprint density at radius 2 is 2.11 bits per heavy atom. The summed E-state index contributed by atoms with van der Waals surface area (Å²) < 4.78 is 0. The van der Waals surface area contributed by atoms with Crippen molar-refractivity contribution in [1.82, 2.24) is 0 Å². The Morgan fingerprint density at radius 3 is 2.22 bits per heavy atom. The summed E-state index contributed by atoms with van der Waals surface area (Å²) in [6, 6.07) is 0. The monoisotopic (exact) mass is 126 g/mol.